The lowest BCUT2D eigenvalue weighted by molar-refractivity contribution is -0.124. The van der Waals surface area contributed by atoms with Gasteiger partial charge in [0.2, 0.25) is 5.91 Å². The molecule has 2 unspecified atom stereocenters. The van der Waals surface area contributed by atoms with E-state index in [0.29, 0.717) is 6.04 Å². The molecule has 0 radical (unpaired) electrons. The van der Waals surface area contributed by atoms with Crippen LogP contribution in [0.2, 0.25) is 0 Å². The first-order valence-electron chi connectivity index (χ1n) is 6.50. The Morgan fingerprint density at radius 3 is 2.89 bits per heavy atom. The molecule has 1 amide bonds. The van der Waals surface area contributed by atoms with Crippen LogP contribution in [0.3, 0.4) is 0 Å². The summed E-state index contributed by atoms with van der Waals surface area (Å²) in [5.41, 5.74) is 1.34. The van der Waals surface area contributed by atoms with Crippen molar-refractivity contribution in [3.8, 4) is 0 Å². The van der Waals surface area contributed by atoms with Gasteiger partial charge in [0.15, 0.2) is 0 Å². The molecule has 2 atom stereocenters. The van der Waals surface area contributed by atoms with Crippen molar-refractivity contribution in [2.75, 3.05) is 13.1 Å². The summed E-state index contributed by atoms with van der Waals surface area (Å²) >= 11 is 2.33. The number of hydrogen-bond donors (Lipinski definition) is 1. The van der Waals surface area contributed by atoms with E-state index >= 15 is 0 Å². The fourth-order valence-electron chi connectivity index (χ4n) is 3.06. The summed E-state index contributed by atoms with van der Waals surface area (Å²) < 4.78 is 1.27. The van der Waals surface area contributed by atoms with Gasteiger partial charge in [0, 0.05) is 22.7 Å². The van der Waals surface area contributed by atoms with E-state index in [0.717, 1.165) is 32.5 Å². The van der Waals surface area contributed by atoms with E-state index in [4.69, 9.17) is 0 Å². The van der Waals surface area contributed by atoms with Crippen LogP contribution >= 0.6 is 22.6 Å². The second kappa shape index (κ2) is 5.17. The highest BCUT2D eigenvalue weighted by Crippen LogP contribution is 2.28. The lowest BCUT2D eigenvalue weighted by Crippen LogP contribution is -2.44. The minimum absolute atomic E-state index is 0.225. The third-order valence-electron chi connectivity index (χ3n) is 4.02. The number of carbonyl (C=O) groups is 1. The van der Waals surface area contributed by atoms with E-state index in [1.54, 1.807) is 0 Å². The average molecular weight is 356 g/mol. The highest BCUT2D eigenvalue weighted by Gasteiger charge is 2.40. The molecule has 2 fully saturated rings. The van der Waals surface area contributed by atoms with Gasteiger partial charge in [-0.2, -0.15) is 0 Å². The maximum atomic E-state index is 11.7. The molecule has 0 spiro atoms. The Morgan fingerprint density at radius 2 is 2.11 bits per heavy atom. The number of nitrogens with one attached hydrogen (secondary N) is 1. The van der Waals surface area contributed by atoms with E-state index in [2.05, 4.69) is 57.1 Å². The summed E-state index contributed by atoms with van der Waals surface area (Å²) in [6, 6.07) is 9.08. The van der Waals surface area contributed by atoms with Crippen LogP contribution in [0, 0.1) is 9.49 Å². The number of likely N-dealkylation sites (tertiary alicyclic amines) is 1. The van der Waals surface area contributed by atoms with Crippen molar-refractivity contribution in [3.63, 3.8) is 0 Å². The molecule has 4 heteroatoms. The van der Waals surface area contributed by atoms with Gasteiger partial charge in [0.05, 0.1) is 5.92 Å². The van der Waals surface area contributed by atoms with Crippen LogP contribution in [0.15, 0.2) is 24.3 Å². The van der Waals surface area contributed by atoms with E-state index in [-0.39, 0.29) is 11.8 Å². The maximum absolute atomic E-state index is 11.7. The summed E-state index contributed by atoms with van der Waals surface area (Å²) in [6.07, 6.45) is 2.19. The zero-order chi connectivity index (χ0) is 12.5. The Hall–Kier alpha value is -0.620. The van der Waals surface area contributed by atoms with Gasteiger partial charge >= 0.3 is 0 Å². The van der Waals surface area contributed by atoms with Gasteiger partial charge in [0.25, 0.3) is 0 Å². The molecular weight excluding hydrogens is 339 g/mol. The molecule has 0 aliphatic carbocycles. The van der Waals surface area contributed by atoms with Gasteiger partial charge in [-0.3, -0.25) is 9.69 Å². The molecule has 1 aromatic rings. The SMILES string of the molecule is O=C1NCC2C1CCCN2Cc1ccc(I)cc1. The number of nitrogens with zero attached hydrogens (tertiary/aromatic N) is 1. The van der Waals surface area contributed by atoms with Crippen LogP contribution in [0.5, 0.6) is 0 Å². The number of benzene rings is 1. The summed E-state index contributed by atoms with van der Waals surface area (Å²) in [5, 5.41) is 3.00. The number of fused-ring (bicyclic) bond motifs is 1. The van der Waals surface area contributed by atoms with Gasteiger partial charge in [-0.1, -0.05) is 12.1 Å². The third kappa shape index (κ3) is 2.40. The minimum Gasteiger partial charge on any atom is -0.354 e. The number of carbonyl (C=O) groups excluding carboxylic acids is 1. The summed E-state index contributed by atoms with van der Waals surface area (Å²) in [6.45, 7) is 2.91. The first-order valence-corrected chi connectivity index (χ1v) is 7.58. The molecule has 2 aliphatic heterocycles. The van der Waals surface area contributed by atoms with E-state index < -0.39 is 0 Å². The van der Waals surface area contributed by atoms with Crippen molar-refractivity contribution in [1.29, 1.82) is 0 Å². The van der Waals surface area contributed by atoms with E-state index in [1.165, 1.54) is 9.13 Å². The molecule has 96 valence electrons. The van der Waals surface area contributed by atoms with Crippen molar-refractivity contribution in [3.05, 3.63) is 33.4 Å². The van der Waals surface area contributed by atoms with Gasteiger partial charge in [-0.25, -0.2) is 0 Å². The zero-order valence-corrected chi connectivity index (χ0v) is 12.4. The standard InChI is InChI=1S/C14H17IN2O/c15-11-5-3-10(4-6-11)9-17-7-1-2-12-13(17)8-16-14(12)18/h3-6,12-13H,1-2,7-9H2,(H,16,18). The molecule has 2 aliphatic rings. The van der Waals surface area contributed by atoms with Crippen LogP contribution in [0.4, 0.5) is 0 Å². The maximum Gasteiger partial charge on any atom is 0.224 e. The number of rotatable bonds is 2. The van der Waals surface area contributed by atoms with Crippen LogP contribution < -0.4 is 5.32 Å². The van der Waals surface area contributed by atoms with Gasteiger partial charge < -0.3 is 5.32 Å². The number of halogens is 1. The average Bonchev–Trinajstić information content (AvgIpc) is 2.76. The molecule has 2 heterocycles. The van der Waals surface area contributed by atoms with Crippen molar-refractivity contribution in [2.45, 2.75) is 25.4 Å². The van der Waals surface area contributed by atoms with Crippen LogP contribution in [0.1, 0.15) is 18.4 Å². The first-order chi connectivity index (χ1) is 8.74. The fourth-order valence-corrected chi connectivity index (χ4v) is 3.42. The predicted octanol–water partition coefficient (Wildman–Crippen LogP) is 2.00. The highest BCUT2D eigenvalue weighted by molar-refractivity contribution is 14.1. The highest BCUT2D eigenvalue weighted by atomic mass is 127. The number of amides is 1. The van der Waals surface area contributed by atoms with E-state index in [1.807, 2.05) is 0 Å². The molecule has 0 aromatic heterocycles. The van der Waals surface area contributed by atoms with Gasteiger partial charge in [-0.15, -0.1) is 0 Å². The first kappa shape index (κ1) is 12.4. The zero-order valence-electron chi connectivity index (χ0n) is 10.2. The molecular formula is C14H17IN2O. The number of hydrogen-bond acceptors (Lipinski definition) is 2. The van der Waals surface area contributed by atoms with Crippen LogP contribution in [-0.4, -0.2) is 29.9 Å². The lowest BCUT2D eigenvalue weighted by Gasteiger charge is -2.35. The molecule has 2 saturated heterocycles. The largest absolute Gasteiger partial charge is 0.354 e. The molecule has 0 bridgehead atoms. The molecule has 1 aromatic carbocycles. The topological polar surface area (TPSA) is 32.3 Å². The van der Waals surface area contributed by atoms with Crippen molar-refractivity contribution in [1.82, 2.24) is 10.2 Å². The lowest BCUT2D eigenvalue weighted by atomic mass is 9.91. The Labute approximate surface area is 121 Å². The fraction of sp³-hybridized carbons (Fsp3) is 0.500. The Kier molecular flexibility index (Phi) is 3.56. The second-order valence-corrected chi connectivity index (χ2v) is 6.40. The quantitative estimate of drug-likeness (QED) is 0.823. The Balaban J connectivity index is 1.72. The monoisotopic (exact) mass is 356 g/mol. The molecule has 3 rings (SSSR count). The Morgan fingerprint density at radius 1 is 1.33 bits per heavy atom. The van der Waals surface area contributed by atoms with Crippen molar-refractivity contribution in [2.24, 2.45) is 5.92 Å². The summed E-state index contributed by atoms with van der Waals surface area (Å²) in [5.74, 6) is 0.481. The van der Waals surface area contributed by atoms with Gasteiger partial charge in [0.1, 0.15) is 0 Å². The smallest absolute Gasteiger partial charge is 0.224 e. The number of piperidine rings is 1. The molecule has 18 heavy (non-hydrogen) atoms. The summed E-state index contributed by atoms with van der Waals surface area (Å²) in [4.78, 5) is 14.2. The van der Waals surface area contributed by atoms with Crippen molar-refractivity contribution >= 4 is 28.5 Å². The van der Waals surface area contributed by atoms with Crippen LogP contribution in [-0.2, 0) is 11.3 Å². The summed E-state index contributed by atoms with van der Waals surface area (Å²) in [7, 11) is 0. The second-order valence-electron chi connectivity index (χ2n) is 5.16. The molecule has 0 saturated carbocycles. The van der Waals surface area contributed by atoms with E-state index in [9.17, 15) is 4.79 Å². The predicted molar refractivity (Wildman–Crippen MR) is 79.1 cm³/mol. The normalized spacial score (nSPS) is 27.9. The third-order valence-corrected chi connectivity index (χ3v) is 4.73. The molecule has 3 nitrogen and oxygen atoms in total. The van der Waals surface area contributed by atoms with Crippen molar-refractivity contribution < 1.29 is 4.79 Å². The Bertz CT molecular complexity index is 446. The van der Waals surface area contributed by atoms with Crippen LogP contribution in [0.25, 0.3) is 0 Å². The molecule has 1 N–H and O–H groups in total. The minimum atomic E-state index is 0.225. The van der Waals surface area contributed by atoms with Gasteiger partial charge in [-0.05, 0) is 59.7 Å².